The van der Waals surface area contributed by atoms with E-state index < -0.39 is 5.41 Å². The lowest BCUT2D eigenvalue weighted by Gasteiger charge is -2.22. The van der Waals surface area contributed by atoms with Crippen molar-refractivity contribution in [1.29, 1.82) is 0 Å². The first-order valence-electron chi connectivity index (χ1n) is 8.91. The predicted molar refractivity (Wildman–Crippen MR) is 106 cm³/mol. The highest BCUT2D eigenvalue weighted by Crippen LogP contribution is 2.23. The molecule has 0 bridgehead atoms. The maximum atomic E-state index is 12.2. The van der Waals surface area contributed by atoms with E-state index >= 15 is 0 Å². The Kier molecular flexibility index (Phi) is 6.82. The third kappa shape index (κ3) is 5.48. The highest BCUT2D eigenvalue weighted by Gasteiger charge is 2.27. The maximum Gasteiger partial charge on any atom is 0.312 e. The summed E-state index contributed by atoms with van der Waals surface area (Å²) in [6, 6.07) is 1.82. The second kappa shape index (κ2) is 9.07. The van der Waals surface area contributed by atoms with E-state index in [9.17, 15) is 4.79 Å². The van der Waals surface area contributed by atoms with Crippen LogP contribution in [0.1, 0.15) is 34.1 Å². The molecule has 0 aliphatic rings. The average molecular weight is 366 g/mol. The molecule has 0 fully saturated rings. The highest BCUT2D eigenvalue weighted by atomic mass is 16.5. The number of carbonyl (C=O) groups is 1. The normalized spacial score (nSPS) is 13.6. The molecule has 1 unspecified atom stereocenters. The Balaban J connectivity index is 2.13. The third-order valence-electron chi connectivity index (χ3n) is 4.28. The number of rotatable bonds is 8. The number of carbonyl (C=O) groups excluding carboxylic acids is 1. The first-order valence-corrected chi connectivity index (χ1v) is 8.91. The van der Waals surface area contributed by atoms with Crippen LogP contribution in [0.25, 0.3) is 17.0 Å². The van der Waals surface area contributed by atoms with E-state index in [1.54, 1.807) is 23.2 Å². The van der Waals surface area contributed by atoms with Crippen LogP contribution in [0.5, 0.6) is 0 Å². The van der Waals surface area contributed by atoms with Gasteiger partial charge in [-0.25, -0.2) is 14.6 Å². The van der Waals surface area contributed by atoms with Crippen LogP contribution in [-0.2, 0) is 9.53 Å². The number of aromatic nitrogens is 4. The average Bonchev–Trinajstić information content (AvgIpc) is 3.15. The maximum absolute atomic E-state index is 12.2. The van der Waals surface area contributed by atoms with Crippen LogP contribution in [0, 0.1) is 5.41 Å². The van der Waals surface area contributed by atoms with E-state index in [1.807, 2.05) is 58.2 Å². The van der Waals surface area contributed by atoms with Gasteiger partial charge in [0.2, 0.25) is 0 Å². The molecule has 0 aromatic carbocycles. The molecule has 0 radical (unpaired) electrons. The Morgan fingerprint density at radius 2 is 2.22 bits per heavy atom. The van der Waals surface area contributed by atoms with Gasteiger partial charge in [-0.2, -0.15) is 5.10 Å². The smallest absolute Gasteiger partial charge is 0.312 e. The topological polar surface area (TPSA) is 69.9 Å². The molecule has 0 spiro atoms. The molecule has 2 rings (SSSR count). The summed E-state index contributed by atoms with van der Waals surface area (Å²) in [5, 5.41) is 4.38. The zero-order valence-electron chi connectivity index (χ0n) is 16.3. The Bertz CT molecular complexity index is 835. The number of hydrogen-bond acceptors (Lipinski definition) is 5. The molecule has 0 amide bonds. The minimum absolute atomic E-state index is 0.207. The van der Waals surface area contributed by atoms with Crippen molar-refractivity contribution in [2.75, 3.05) is 0 Å². The minimum Gasteiger partial charge on any atom is -0.458 e. The summed E-state index contributed by atoms with van der Waals surface area (Å²) >= 11 is 0. The molecule has 0 aliphatic heterocycles. The molecule has 0 N–H and O–H groups in total. The molecule has 1 atom stereocenters. The van der Waals surface area contributed by atoms with Gasteiger partial charge in [0, 0.05) is 18.0 Å². The van der Waals surface area contributed by atoms with Crippen molar-refractivity contribution in [3.8, 4) is 11.3 Å². The van der Waals surface area contributed by atoms with Crippen LogP contribution in [0.3, 0.4) is 0 Å². The summed E-state index contributed by atoms with van der Waals surface area (Å²) in [4.78, 5) is 20.3. The number of esters is 1. The fraction of sp³-hybridized carbons (Fsp3) is 0.333. The van der Waals surface area contributed by atoms with Crippen molar-refractivity contribution in [2.24, 2.45) is 5.41 Å². The predicted octanol–water partition coefficient (Wildman–Crippen LogP) is 4.29. The zero-order valence-corrected chi connectivity index (χ0v) is 16.3. The molecular weight excluding hydrogens is 340 g/mol. The second-order valence-corrected chi connectivity index (χ2v) is 6.80. The van der Waals surface area contributed by atoms with Crippen LogP contribution < -0.4 is 0 Å². The van der Waals surface area contributed by atoms with Crippen LogP contribution in [0.2, 0.25) is 0 Å². The monoisotopic (exact) mass is 366 g/mol. The van der Waals surface area contributed by atoms with E-state index in [2.05, 4.69) is 21.6 Å². The summed E-state index contributed by atoms with van der Waals surface area (Å²) in [5.74, 6) is -0.207. The van der Waals surface area contributed by atoms with Crippen LogP contribution in [0.4, 0.5) is 0 Å². The van der Waals surface area contributed by atoms with E-state index in [1.165, 1.54) is 6.33 Å². The van der Waals surface area contributed by atoms with Crippen LogP contribution in [-0.4, -0.2) is 31.8 Å². The first-order chi connectivity index (χ1) is 12.9. The lowest BCUT2D eigenvalue weighted by atomic mass is 9.90. The van der Waals surface area contributed by atoms with E-state index in [0.29, 0.717) is 0 Å². The van der Waals surface area contributed by atoms with E-state index in [0.717, 1.165) is 23.4 Å². The van der Waals surface area contributed by atoms with Crippen LogP contribution in [0.15, 0.2) is 61.9 Å². The van der Waals surface area contributed by atoms with Gasteiger partial charge in [0.1, 0.15) is 12.4 Å². The summed E-state index contributed by atoms with van der Waals surface area (Å²) in [6.45, 7) is 11.3. The molecule has 2 heterocycles. The molecule has 6 nitrogen and oxygen atoms in total. The largest absolute Gasteiger partial charge is 0.458 e. The Labute approximate surface area is 160 Å². The molecule has 27 heavy (non-hydrogen) atoms. The number of ether oxygens (including phenoxy) is 1. The molecule has 6 heteroatoms. The quantitative estimate of drug-likeness (QED) is 0.515. The van der Waals surface area contributed by atoms with Crippen molar-refractivity contribution in [1.82, 2.24) is 19.7 Å². The van der Waals surface area contributed by atoms with Crippen molar-refractivity contribution in [3.63, 3.8) is 0 Å². The fourth-order valence-electron chi connectivity index (χ4n) is 2.13. The Morgan fingerprint density at radius 3 is 2.85 bits per heavy atom. The van der Waals surface area contributed by atoms with E-state index in [4.69, 9.17) is 4.74 Å². The molecule has 2 aromatic heterocycles. The standard InChI is InChI=1S/C21H26N4O2/c1-6-8-18(10-9-16(3)27-20(26)21(4,5)7-2)25-14-17(13-24-25)19-11-12-22-15-23-19/h6,8-16H,1,7H2,2-5H3/b10-9-,18-8+. The fourth-order valence-corrected chi connectivity index (χ4v) is 2.13. The van der Waals surface area contributed by atoms with Gasteiger partial charge in [-0.05, 0) is 51.5 Å². The van der Waals surface area contributed by atoms with Crippen molar-refractivity contribution in [2.45, 2.75) is 40.2 Å². The number of allylic oxidation sites excluding steroid dienone is 4. The molecule has 0 saturated heterocycles. The highest BCUT2D eigenvalue weighted by molar-refractivity contribution is 5.76. The zero-order chi connectivity index (χ0) is 19.9. The summed E-state index contributed by atoms with van der Waals surface area (Å²) in [7, 11) is 0. The van der Waals surface area contributed by atoms with Gasteiger partial charge < -0.3 is 4.74 Å². The van der Waals surface area contributed by atoms with Gasteiger partial charge in [-0.1, -0.05) is 19.6 Å². The Hall–Kier alpha value is -3.02. The molecular formula is C21H26N4O2. The van der Waals surface area contributed by atoms with Gasteiger partial charge in [0.25, 0.3) is 0 Å². The van der Waals surface area contributed by atoms with Crippen molar-refractivity contribution < 1.29 is 9.53 Å². The molecule has 0 aliphatic carbocycles. The van der Waals surface area contributed by atoms with E-state index in [-0.39, 0.29) is 12.1 Å². The van der Waals surface area contributed by atoms with Gasteiger partial charge in [0.15, 0.2) is 0 Å². The number of nitrogens with zero attached hydrogens (tertiary/aromatic N) is 4. The number of hydrogen-bond donors (Lipinski definition) is 0. The molecule has 0 saturated carbocycles. The Morgan fingerprint density at radius 1 is 1.44 bits per heavy atom. The summed E-state index contributed by atoms with van der Waals surface area (Å²) in [5.41, 5.74) is 1.98. The summed E-state index contributed by atoms with van der Waals surface area (Å²) < 4.78 is 7.24. The lowest BCUT2D eigenvalue weighted by molar-refractivity contribution is -0.156. The lowest BCUT2D eigenvalue weighted by Crippen LogP contribution is -2.28. The minimum atomic E-state index is -0.490. The van der Waals surface area contributed by atoms with Crippen molar-refractivity contribution in [3.05, 3.63) is 61.9 Å². The van der Waals surface area contributed by atoms with Crippen molar-refractivity contribution >= 4 is 11.7 Å². The SMILES string of the molecule is C=C/C=C(\C=C/C(C)OC(=O)C(C)(C)CC)n1cc(-c2ccncn2)cn1. The summed E-state index contributed by atoms with van der Waals surface area (Å²) in [6.07, 6.45) is 14.4. The van der Waals surface area contributed by atoms with Gasteiger partial charge >= 0.3 is 5.97 Å². The van der Waals surface area contributed by atoms with Crippen LogP contribution >= 0.6 is 0 Å². The molecule has 142 valence electrons. The first kappa shape index (κ1) is 20.3. The van der Waals surface area contributed by atoms with Gasteiger partial charge in [-0.3, -0.25) is 4.79 Å². The second-order valence-electron chi connectivity index (χ2n) is 6.80. The third-order valence-corrected chi connectivity index (χ3v) is 4.28. The van der Waals surface area contributed by atoms with Gasteiger partial charge in [0.05, 0.1) is 23.0 Å². The van der Waals surface area contributed by atoms with Gasteiger partial charge in [-0.15, -0.1) is 0 Å². The molecule has 2 aromatic rings.